The summed E-state index contributed by atoms with van der Waals surface area (Å²) in [5, 5.41) is 1.74. The molecule has 0 bridgehead atoms. The van der Waals surface area contributed by atoms with Crippen molar-refractivity contribution in [3.8, 4) is 0 Å². The van der Waals surface area contributed by atoms with Gasteiger partial charge >= 0.3 is 0 Å². The lowest BCUT2D eigenvalue weighted by molar-refractivity contribution is 1.23. The van der Waals surface area contributed by atoms with Crippen LogP contribution in [0.5, 0.6) is 0 Å². The fraction of sp³-hybridized carbons (Fsp3) is 0.182. The first-order valence-corrected chi connectivity index (χ1v) is 4.99. The maximum Gasteiger partial charge on any atom is 0.138 e. The summed E-state index contributed by atoms with van der Waals surface area (Å²) in [6.07, 6.45) is 8.70. The number of allylic oxidation sites excluding steroid dienone is 1. The van der Waals surface area contributed by atoms with E-state index in [9.17, 15) is 0 Å². The minimum absolute atomic E-state index is 0.765. The molecule has 2 nitrogen and oxygen atoms in total. The van der Waals surface area contributed by atoms with Gasteiger partial charge in [0, 0.05) is 23.3 Å². The third-order valence-electron chi connectivity index (χ3n) is 2.08. The highest BCUT2D eigenvalue weighted by Crippen LogP contribution is 2.25. The van der Waals surface area contributed by atoms with Crippen LogP contribution in [0.1, 0.15) is 18.9 Å². The zero-order valence-electron chi connectivity index (χ0n) is 7.92. The predicted octanol–water partition coefficient (Wildman–Crippen LogP) is 3.64. The maximum atomic E-state index is 6.21. The fourth-order valence-electron chi connectivity index (χ4n) is 1.35. The van der Waals surface area contributed by atoms with Gasteiger partial charge in [0.05, 0.1) is 5.02 Å². The Kier molecular flexibility index (Phi) is 2.55. The second-order valence-electron chi connectivity index (χ2n) is 3.08. The normalized spacial score (nSPS) is 11.6. The van der Waals surface area contributed by atoms with Crippen LogP contribution in [-0.4, -0.2) is 9.97 Å². The monoisotopic (exact) mass is 206 g/mol. The molecule has 0 atom stereocenters. The minimum Gasteiger partial charge on any atom is -0.346 e. The Morgan fingerprint density at radius 1 is 1.57 bits per heavy atom. The van der Waals surface area contributed by atoms with Crippen LogP contribution in [0.2, 0.25) is 5.02 Å². The molecule has 2 aromatic rings. The Bertz CT molecular complexity index is 471. The summed E-state index contributed by atoms with van der Waals surface area (Å²) in [6, 6.07) is 1.94. The molecule has 0 aliphatic heterocycles. The lowest BCUT2D eigenvalue weighted by atomic mass is 10.2. The summed E-state index contributed by atoms with van der Waals surface area (Å²) in [5.41, 5.74) is 1.81. The summed E-state index contributed by atoms with van der Waals surface area (Å²) >= 11 is 6.21. The van der Waals surface area contributed by atoms with Crippen molar-refractivity contribution in [3.05, 3.63) is 35.1 Å². The highest BCUT2D eigenvalue weighted by atomic mass is 35.5. The molecule has 0 amide bonds. The van der Waals surface area contributed by atoms with Crippen molar-refractivity contribution >= 4 is 28.7 Å². The molecule has 0 aliphatic carbocycles. The molecule has 2 heterocycles. The van der Waals surface area contributed by atoms with E-state index in [2.05, 4.69) is 23.0 Å². The fourth-order valence-corrected chi connectivity index (χ4v) is 1.62. The number of pyridine rings is 1. The predicted molar refractivity (Wildman–Crippen MR) is 60.4 cm³/mol. The summed E-state index contributed by atoms with van der Waals surface area (Å²) in [7, 11) is 0. The van der Waals surface area contributed by atoms with Gasteiger partial charge in [0.25, 0.3) is 0 Å². The van der Waals surface area contributed by atoms with Gasteiger partial charge in [-0.15, -0.1) is 0 Å². The minimum atomic E-state index is 0.765. The quantitative estimate of drug-likeness (QED) is 0.799. The van der Waals surface area contributed by atoms with Crippen molar-refractivity contribution in [2.24, 2.45) is 0 Å². The number of rotatable bonds is 2. The molecule has 3 heteroatoms. The Hall–Kier alpha value is -1.28. The number of aromatic nitrogens is 2. The second kappa shape index (κ2) is 3.84. The van der Waals surface area contributed by atoms with Crippen molar-refractivity contribution in [2.45, 2.75) is 13.3 Å². The molecule has 0 radical (unpaired) electrons. The van der Waals surface area contributed by atoms with Crippen LogP contribution in [0.3, 0.4) is 0 Å². The molecular weight excluding hydrogens is 196 g/mol. The van der Waals surface area contributed by atoms with Gasteiger partial charge in [-0.3, -0.25) is 0 Å². The van der Waals surface area contributed by atoms with E-state index in [4.69, 9.17) is 11.6 Å². The third kappa shape index (κ3) is 1.53. The Morgan fingerprint density at radius 3 is 3.21 bits per heavy atom. The topological polar surface area (TPSA) is 28.7 Å². The highest BCUT2D eigenvalue weighted by molar-refractivity contribution is 6.36. The molecule has 14 heavy (non-hydrogen) atoms. The summed E-state index contributed by atoms with van der Waals surface area (Å²) in [5.74, 6) is 0. The van der Waals surface area contributed by atoms with Crippen LogP contribution < -0.4 is 0 Å². The van der Waals surface area contributed by atoms with Gasteiger partial charge in [-0.05, 0) is 12.5 Å². The average molecular weight is 207 g/mol. The van der Waals surface area contributed by atoms with Gasteiger partial charge in [-0.25, -0.2) is 4.98 Å². The van der Waals surface area contributed by atoms with Crippen LogP contribution in [-0.2, 0) is 0 Å². The van der Waals surface area contributed by atoms with Crippen molar-refractivity contribution in [1.29, 1.82) is 0 Å². The first-order valence-electron chi connectivity index (χ1n) is 4.61. The molecule has 1 N–H and O–H groups in total. The smallest absolute Gasteiger partial charge is 0.138 e. The summed E-state index contributed by atoms with van der Waals surface area (Å²) in [6.45, 7) is 2.09. The van der Waals surface area contributed by atoms with Crippen molar-refractivity contribution in [3.63, 3.8) is 0 Å². The number of halogens is 1. The first kappa shape index (κ1) is 9.28. The van der Waals surface area contributed by atoms with Gasteiger partial charge in [0.1, 0.15) is 5.65 Å². The van der Waals surface area contributed by atoms with E-state index < -0.39 is 0 Å². The van der Waals surface area contributed by atoms with E-state index in [-0.39, 0.29) is 0 Å². The molecule has 0 saturated carbocycles. The highest BCUT2D eigenvalue weighted by Gasteiger charge is 2.04. The molecular formula is C11H11ClN2. The largest absolute Gasteiger partial charge is 0.346 e. The summed E-state index contributed by atoms with van der Waals surface area (Å²) in [4.78, 5) is 7.29. The molecule has 0 aromatic carbocycles. The van der Waals surface area contributed by atoms with E-state index in [1.54, 1.807) is 6.20 Å². The van der Waals surface area contributed by atoms with Crippen molar-refractivity contribution in [2.75, 3.05) is 0 Å². The maximum absolute atomic E-state index is 6.21. The van der Waals surface area contributed by atoms with Gasteiger partial charge < -0.3 is 4.98 Å². The molecule has 0 aliphatic rings. The van der Waals surface area contributed by atoms with Crippen LogP contribution in [0.4, 0.5) is 0 Å². The van der Waals surface area contributed by atoms with Gasteiger partial charge in [-0.1, -0.05) is 30.7 Å². The number of aromatic amines is 1. The molecule has 2 rings (SSSR count). The van der Waals surface area contributed by atoms with Gasteiger partial charge in [0.15, 0.2) is 0 Å². The molecule has 0 fully saturated rings. The Morgan fingerprint density at radius 2 is 2.43 bits per heavy atom. The number of hydrogen-bond donors (Lipinski definition) is 1. The second-order valence-corrected chi connectivity index (χ2v) is 3.46. The molecule has 0 spiro atoms. The number of hydrogen-bond acceptors (Lipinski definition) is 1. The zero-order chi connectivity index (χ0) is 9.97. The number of nitrogens with one attached hydrogen (secondary N) is 1. The van der Waals surface area contributed by atoms with Crippen LogP contribution in [0.25, 0.3) is 17.1 Å². The number of nitrogens with zero attached hydrogens (tertiary/aromatic N) is 1. The van der Waals surface area contributed by atoms with E-state index in [1.807, 2.05) is 18.3 Å². The lowest BCUT2D eigenvalue weighted by Gasteiger charge is -1.98. The standard InChI is InChI=1S/C11H11ClN2/c1-2-3-4-8-7-14-11-9(10(8)12)5-6-13-11/h3-7H,2H2,1H3,(H,13,14)/b4-3+. The molecule has 0 unspecified atom stereocenters. The van der Waals surface area contributed by atoms with E-state index in [0.29, 0.717) is 0 Å². The summed E-state index contributed by atoms with van der Waals surface area (Å²) < 4.78 is 0. The van der Waals surface area contributed by atoms with E-state index in [0.717, 1.165) is 28.0 Å². The van der Waals surface area contributed by atoms with Gasteiger partial charge in [0.2, 0.25) is 0 Å². The number of fused-ring (bicyclic) bond motifs is 1. The molecule has 2 aromatic heterocycles. The zero-order valence-corrected chi connectivity index (χ0v) is 8.67. The molecule has 0 saturated heterocycles. The van der Waals surface area contributed by atoms with E-state index >= 15 is 0 Å². The Balaban J connectivity index is 2.56. The van der Waals surface area contributed by atoms with Crippen LogP contribution >= 0.6 is 11.6 Å². The van der Waals surface area contributed by atoms with Crippen molar-refractivity contribution < 1.29 is 0 Å². The SMILES string of the molecule is CC/C=C/c1cnc2[nH]ccc2c1Cl. The van der Waals surface area contributed by atoms with Crippen LogP contribution in [0.15, 0.2) is 24.5 Å². The molecule has 72 valence electrons. The Labute approximate surface area is 87.6 Å². The van der Waals surface area contributed by atoms with Crippen LogP contribution in [0, 0.1) is 0 Å². The lowest BCUT2D eigenvalue weighted by Crippen LogP contribution is -1.81. The van der Waals surface area contributed by atoms with Gasteiger partial charge in [-0.2, -0.15) is 0 Å². The third-order valence-corrected chi connectivity index (χ3v) is 2.50. The number of H-pyrrole nitrogens is 1. The van der Waals surface area contributed by atoms with Crippen molar-refractivity contribution in [1.82, 2.24) is 9.97 Å². The first-order chi connectivity index (χ1) is 6.83. The van der Waals surface area contributed by atoms with E-state index in [1.165, 1.54) is 0 Å². The average Bonchev–Trinajstić information content (AvgIpc) is 2.66.